The molecule has 2 aromatic carbocycles. The van der Waals surface area contributed by atoms with E-state index in [1.165, 1.54) is 9.87 Å². The Bertz CT molecular complexity index is 932. The lowest BCUT2D eigenvalue weighted by molar-refractivity contribution is -0.126. The maximum atomic E-state index is 12.9. The van der Waals surface area contributed by atoms with Gasteiger partial charge in [-0.15, -0.1) is 0 Å². The molecule has 30 heavy (non-hydrogen) atoms. The zero-order valence-electron chi connectivity index (χ0n) is 18.0. The van der Waals surface area contributed by atoms with Crippen LogP contribution in [0.25, 0.3) is 0 Å². The lowest BCUT2D eigenvalue weighted by atomic mass is 9.96. The third-order valence-electron chi connectivity index (χ3n) is 5.96. The van der Waals surface area contributed by atoms with Crippen LogP contribution < -0.4 is 5.32 Å². The van der Waals surface area contributed by atoms with Crippen LogP contribution in [0.15, 0.2) is 59.5 Å². The fourth-order valence-corrected chi connectivity index (χ4v) is 5.30. The van der Waals surface area contributed by atoms with Crippen molar-refractivity contribution in [2.45, 2.75) is 50.3 Å². The van der Waals surface area contributed by atoms with Crippen molar-refractivity contribution in [3.05, 3.63) is 65.7 Å². The Morgan fingerprint density at radius 2 is 1.57 bits per heavy atom. The van der Waals surface area contributed by atoms with Crippen LogP contribution in [0.5, 0.6) is 0 Å². The number of amides is 1. The van der Waals surface area contributed by atoms with Crippen LogP contribution in [0.2, 0.25) is 0 Å². The zero-order chi connectivity index (χ0) is 21.7. The molecule has 1 aliphatic rings. The second kappa shape index (κ2) is 9.75. The standard InChI is InChI=1S/C24H32N2O3S/c1-18(2)20-9-11-23(12-10-20)30(28,29)26-15-13-22(14-16-26)24(27)25-17-19(3)21-7-5-4-6-8-21/h4-12,18-19,22H,13-17H2,1-3H3,(H,25,27). The molecule has 1 fully saturated rings. The number of hydrogen-bond acceptors (Lipinski definition) is 3. The Morgan fingerprint density at radius 1 is 0.967 bits per heavy atom. The highest BCUT2D eigenvalue weighted by molar-refractivity contribution is 7.89. The van der Waals surface area contributed by atoms with Gasteiger partial charge in [-0.25, -0.2) is 8.42 Å². The molecule has 1 amide bonds. The van der Waals surface area contributed by atoms with E-state index in [2.05, 4.69) is 38.2 Å². The summed E-state index contributed by atoms with van der Waals surface area (Å²) in [6.45, 7) is 7.60. The van der Waals surface area contributed by atoms with E-state index in [4.69, 9.17) is 0 Å². The number of rotatable bonds is 7. The van der Waals surface area contributed by atoms with Gasteiger partial charge >= 0.3 is 0 Å². The summed E-state index contributed by atoms with van der Waals surface area (Å²) in [6.07, 6.45) is 1.10. The predicted octanol–water partition coefficient (Wildman–Crippen LogP) is 4.13. The van der Waals surface area contributed by atoms with E-state index in [0.29, 0.717) is 43.3 Å². The molecule has 1 atom stereocenters. The monoisotopic (exact) mass is 428 g/mol. The number of hydrogen-bond donors (Lipinski definition) is 1. The van der Waals surface area contributed by atoms with E-state index < -0.39 is 10.0 Å². The molecule has 0 spiro atoms. The van der Waals surface area contributed by atoms with Gasteiger partial charge in [0.1, 0.15) is 0 Å². The topological polar surface area (TPSA) is 66.5 Å². The van der Waals surface area contributed by atoms with Gasteiger partial charge in [-0.2, -0.15) is 4.31 Å². The molecule has 1 heterocycles. The number of benzene rings is 2. The van der Waals surface area contributed by atoms with E-state index >= 15 is 0 Å². The fourth-order valence-electron chi connectivity index (χ4n) is 3.83. The summed E-state index contributed by atoms with van der Waals surface area (Å²) >= 11 is 0. The van der Waals surface area contributed by atoms with Crippen molar-refractivity contribution < 1.29 is 13.2 Å². The highest BCUT2D eigenvalue weighted by Crippen LogP contribution is 2.25. The number of sulfonamides is 1. The number of piperidine rings is 1. The summed E-state index contributed by atoms with van der Waals surface area (Å²) in [5.74, 6) is 0.490. The normalized spacial score (nSPS) is 17.1. The van der Waals surface area contributed by atoms with Crippen LogP contribution in [0.4, 0.5) is 0 Å². The summed E-state index contributed by atoms with van der Waals surface area (Å²) in [5, 5.41) is 3.05. The molecule has 162 valence electrons. The number of carbonyl (C=O) groups is 1. The fraction of sp³-hybridized carbons (Fsp3) is 0.458. The molecule has 1 N–H and O–H groups in total. The van der Waals surface area contributed by atoms with Crippen LogP contribution in [-0.2, 0) is 14.8 Å². The summed E-state index contributed by atoms with van der Waals surface area (Å²) < 4.78 is 27.4. The minimum atomic E-state index is -3.51. The van der Waals surface area contributed by atoms with Crippen molar-refractivity contribution in [2.75, 3.05) is 19.6 Å². The van der Waals surface area contributed by atoms with Gasteiger partial charge in [-0.3, -0.25) is 4.79 Å². The first-order valence-corrected chi connectivity index (χ1v) is 12.2. The van der Waals surface area contributed by atoms with Crippen molar-refractivity contribution in [1.29, 1.82) is 0 Å². The third kappa shape index (κ3) is 5.29. The minimum absolute atomic E-state index is 0.0242. The second-order valence-electron chi connectivity index (χ2n) is 8.46. The van der Waals surface area contributed by atoms with Crippen LogP contribution in [0, 0.1) is 5.92 Å². The first-order chi connectivity index (χ1) is 14.3. The molecular formula is C24H32N2O3S. The van der Waals surface area contributed by atoms with E-state index in [-0.39, 0.29) is 17.7 Å². The molecule has 6 heteroatoms. The predicted molar refractivity (Wildman–Crippen MR) is 120 cm³/mol. The Hall–Kier alpha value is -2.18. The van der Waals surface area contributed by atoms with Crippen molar-refractivity contribution in [2.24, 2.45) is 5.92 Å². The second-order valence-corrected chi connectivity index (χ2v) is 10.4. The summed E-state index contributed by atoms with van der Waals surface area (Å²) in [6, 6.07) is 17.2. The molecule has 3 rings (SSSR count). The Labute approximate surface area is 180 Å². The van der Waals surface area contributed by atoms with Crippen LogP contribution in [0.1, 0.15) is 56.6 Å². The lowest BCUT2D eigenvalue weighted by Gasteiger charge is -2.30. The van der Waals surface area contributed by atoms with Gasteiger partial charge in [0.25, 0.3) is 0 Å². The number of carbonyl (C=O) groups excluding carboxylic acids is 1. The van der Waals surface area contributed by atoms with Gasteiger partial charge < -0.3 is 5.32 Å². The van der Waals surface area contributed by atoms with E-state index in [1.807, 2.05) is 30.3 Å². The number of nitrogens with zero attached hydrogens (tertiary/aromatic N) is 1. The average molecular weight is 429 g/mol. The molecule has 1 aliphatic heterocycles. The highest BCUT2D eigenvalue weighted by atomic mass is 32.2. The first-order valence-electron chi connectivity index (χ1n) is 10.7. The molecule has 2 aromatic rings. The largest absolute Gasteiger partial charge is 0.355 e. The maximum Gasteiger partial charge on any atom is 0.243 e. The first kappa shape index (κ1) is 22.5. The molecule has 0 aromatic heterocycles. The van der Waals surface area contributed by atoms with Gasteiger partial charge in [0.05, 0.1) is 4.90 Å². The van der Waals surface area contributed by atoms with Gasteiger partial charge in [-0.05, 0) is 47.9 Å². The Kier molecular flexibility index (Phi) is 7.32. The van der Waals surface area contributed by atoms with Crippen LogP contribution in [-0.4, -0.2) is 38.3 Å². The molecule has 1 saturated heterocycles. The van der Waals surface area contributed by atoms with E-state index in [0.717, 1.165) is 5.56 Å². The number of nitrogens with one attached hydrogen (secondary N) is 1. The van der Waals surface area contributed by atoms with Gasteiger partial charge in [0, 0.05) is 25.6 Å². The quantitative estimate of drug-likeness (QED) is 0.721. The van der Waals surface area contributed by atoms with Crippen molar-refractivity contribution in [1.82, 2.24) is 9.62 Å². The van der Waals surface area contributed by atoms with E-state index in [9.17, 15) is 13.2 Å². The van der Waals surface area contributed by atoms with Crippen LogP contribution >= 0.6 is 0 Å². The van der Waals surface area contributed by atoms with Crippen LogP contribution in [0.3, 0.4) is 0 Å². The van der Waals surface area contributed by atoms with Crippen molar-refractivity contribution >= 4 is 15.9 Å². The third-order valence-corrected chi connectivity index (χ3v) is 7.87. The molecule has 0 saturated carbocycles. The van der Waals surface area contributed by atoms with Gasteiger partial charge in [-0.1, -0.05) is 63.2 Å². The minimum Gasteiger partial charge on any atom is -0.355 e. The highest BCUT2D eigenvalue weighted by Gasteiger charge is 2.32. The molecule has 5 nitrogen and oxygen atoms in total. The zero-order valence-corrected chi connectivity index (χ0v) is 18.9. The average Bonchev–Trinajstić information content (AvgIpc) is 2.78. The molecule has 0 radical (unpaired) electrons. The summed E-state index contributed by atoms with van der Waals surface area (Å²) in [7, 11) is -3.51. The SMILES string of the molecule is CC(C)c1ccc(S(=O)(=O)N2CCC(C(=O)NCC(C)c3ccccc3)CC2)cc1. The lowest BCUT2D eigenvalue weighted by Crippen LogP contribution is -2.43. The van der Waals surface area contributed by atoms with Crippen molar-refractivity contribution in [3.8, 4) is 0 Å². The molecule has 0 bridgehead atoms. The van der Waals surface area contributed by atoms with Gasteiger partial charge in [0.2, 0.25) is 15.9 Å². The van der Waals surface area contributed by atoms with Gasteiger partial charge in [0.15, 0.2) is 0 Å². The molecule has 0 aliphatic carbocycles. The molecule has 1 unspecified atom stereocenters. The summed E-state index contributed by atoms with van der Waals surface area (Å²) in [5.41, 5.74) is 2.32. The maximum absolute atomic E-state index is 12.9. The Balaban J connectivity index is 1.52. The van der Waals surface area contributed by atoms with Crippen molar-refractivity contribution in [3.63, 3.8) is 0 Å². The summed E-state index contributed by atoms with van der Waals surface area (Å²) in [4.78, 5) is 12.9. The smallest absolute Gasteiger partial charge is 0.243 e. The van der Waals surface area contributed by atoms with E-state index in [1.54, 1.807) is 12.1 Å². The Morgan fingerprint density at radius 3 is 2.13 bits per heavy atom. The molecular weight excluding hydrogens is 396 g/mol.